The monoisotopic (exact) mass is 511 g/mol. The molecule has 1 aromatic heterocycles. The Hall–Kier alpha value is -3.90. The zero-order valence-corrected chi connectivity index (χ0v) is 22.5. The average molecular weight is 512 g/mol. The lowest BCUT2D eigenvalue weighted by atomic mass is 10.1. The summed E-state index contributed by atoms with van der Waals surface area (Å²) in [6.07, 6.45) is 2.74. The van der Waals surface area contributed by atoms with Gasteiger partial charge in [-0.3, -0.25) is 9.59 Å². The fraction of sp³-hybridized carbons (Fsp3) is 0.312. The molecule has 0 saturated carbocycles. The Morgan fingerprint density at radius 2 is 1.58 bits per heavy atom. The number of carbonyl (C=O) groups is 2. The number of nitrogens with zero attached hydrogens (tertiary/aromatic N) is 2. The molecule has 38 heavy (non-hydrogen) atoms. The molecule has 4 rings (SSSR count). The van der Waals surface area contributed by atoms with Crippen molar-refractivity contribution >= 4 is 22.7 Å². The predicted molar refractivity (Wildman–Crippen MR) is 152 cm³/mol. The van der Waals surface area contributed by atoms with Gasteiger partial charge in [0.15, 0.2) is 0 Å². The zero-order valence-electron chi connectivity index (χ0n) is 22.5. The average Bonchev–Trinajstić information content (AvgIpc) is 3.34. The van der Waals surface area contributed by atoms with Crippen molar-refractivity contribution < 1.29 is 14.3 Å². The van der Waals surface area contributed by atoms with Crippen LogP contribution in [0.3, 0.4) is 0 Å². The molecule has 1 N–H and O–H groups in total. The van der Waals surface area contributed by atoms with Crippen molar-refractivity contribution in [3.05, 3.63) is 107 Å². The van der Waals surface area contributed by atoms with Crippen LogP contribution in [-0.4, -0.2) is 52.3 Å². The van der Waals surface area contributed by atoms with Gasteiger partial charge < -0.3 is 19.5 Å². The van der Waals surface area contributed by atoms with Crippen molar-refractivity contribution in [3.63, 3.8) is 0 Å². The van der Waals surface area contributed by atoms with E-state index in [4.69, 9.17) is 4.74 Å². The number of para-hydroxylation sites is 1. The Morgan fingerprint density at radius 1 is 0.868 bits per heavy atom. The third kappa shape index (κ3) is 7.33. The van der Waals surface area contributed by atoms with Crippen LogP contribution in [0.15, 0.2) is 85.1 Å². The number of carbonyl (C=O) groups excluding carboxylic acids is 2. The van der Waals surface area contributed by atoms with Crippen LogP contribution in [0.1, 0.15) is 36.1 Å². The van der Waals surface area contributed by atoms with Gasteiger partial charge >= 0.3 is 0 Å². The van der Waals surface area contributed by atoms with E-state index in [2.05, 4.69) is 48.3 Å². The Labute approximate surface area is 225 Å². The second kappa shape index (κ2) is 13.1. The molecule has 6 heteroatoms. The molecule has 2 amide bonds. The number of aromatic amines is 1. The minimum Gasteiger partial charge on any atom is -0.367 e. The summed E-state index contributed by atoms with van der Waals surface area (Å²) in [5, 5.41) is 1.17. The van der Waals surface area contributed by atoms with Crippen LogP contribution in [0.5, 0.6) is 0 Å². The van der Waals surface area contributed by atoms with Crippen LogP contribution in [0, 0.1) is 6.92 Å². The molecule has 0 saturated heterocycles. The maximum absolute atomic E-state index is 13.6. The SMILES string of the molecule is Cc1ccc(CN(CCc2c[nH]c3ccccc23)C(=O)CN(C(=O)COCc2ccccc2)C(C)C)cc1. The van der Waals surface area contributed by atoms with Crippen LogP contribution in [0.2, 0.25) is 0 Å². The number of rotatable bonds is 12. The van der Waals surface area contributed by atoms with E-state index in [0.29, 0.717) is 19.7 Å². The fourth-order valence-corrected chi connectivity index (χ4v) is 4.52. The predicted octanol–water partition coefficient (Wildman–Crippen LogP) is 5.50. The molecule has 0 radical (unpaired) electrons. The largest absolute Gasteiger partial charge is 0.367 e. The van der Waals surface area contributed by atoms with Gasteiger partial charge in [0, 0.05) is 36.2 Å². The highest BCUT2D eigenvalue weighted by Gasteiger charge is 2.24. The number of hydrogen-bond donors (Lipinski definition) is 1. The summed E-state index contributed by atoms with van der Waals surface area (Å²) >= 11 is 0. The molecular formula is C32H37N3O3. The first-order chi connectivity index (χ1) is 18.4. The molecule has 198 valence electrons. The van der Waals surface area contributed by atoms with Crippen LogP contribution < -0.4 is 0 Å². The maximum Gasteiger partial charge on any atom is 0.249 e. The first kappa shape index (κ1) is 27.1. The number of ether oxygens (including phenoxy) is 1. The lowest BCUT2D eigenvalue weighted by Gasteiger charge is -2.30. The third-order valence-electron chi connectivity index (χ3n) is 6.76. The first-order valence-corrected chi connectivity index (χ1v) is 13.2. The standard InChI is InChI=1S/C32H37N3O3/c1-24(2)35(32(37)23-38-22-27-9-5-4-6-10-27)21-31(36)34(20-26-15-13-25(3)14-16-26)18-17-28-19-33-30-12-8-7-11-29(28)30/h4-16,19,24,33H,17-18,20-23H2,1-3H3. The second-order valence-corrected chi connectivity index (χ2v) is 10.0. The highest BCUT2D eigenvalue weighted by molar-refractivity contribution is 5.86. The van der Waals surface area contributed by atoms with Gasteiger partial charge in [0.25, 0.3) is 0 Å². The summed E-state index contributed by atoms with van der Waals surface area (Å²) in [7, 11) is 0. The zero-order chi connectivity index (χ0) is 26.9. The summed E-state index contributed by atoms with van der Waals surface area (Å²) in [6, 6.07) is 26.1. The lowest BCUT2D eigenvalue weighted by molar-refractivity contribution is -0.145. The van der Waals surface area contributed by atoms with Gasteiger partial charge in [0.1, 0.15) is 13.2 Å². The van der Waals surface area contributed by atoms with Crippen molar-refractivity contribution in [2.24, 2.45) is 0 Å². The molecular weight excluding hydrogens is 474 g/mol. The number of H-pyrrole nitrogens is 1. The van der Waals surface area contributed by atoms with E-state index in [1.165, 1.54) is 16.5 Å². The van der Waals surface area contributed by atoms with Crippen LogP contribution in [0.25, 0.3) is 10.9 Å². The summed E-state index contributed by atoms with van der Waals surface area (Å²) in [6.45, 7) is 7.27. The number of amides is 2. The van der Waals surface area contributed by atoms with Crippen molar-refractivity contribution in [1.82, 2.24) is 14.8 Å². The van der Waals surface area contributed by atoms with Gasteiger partial charge in [-0.2, -0.15) is 0 Å². The summed E-state index contributed by atoms with van der Waals surface area (Å²) < 4.78 is 5.68. The summed E-state index contributed by atoms with van der Waals surface area (Å²) in [5.74, 6) is -0.258. The Kier molecular flexibility index (Phi) is 9.33. The van der Waals surface area contributed by atoms with Gasteiger partial charge in [-0.1, -0.05) is 78.4 Å². The normalized spacial score (nSPS) is 11.2. The van der Waals surface area contributed by atoms with Crippen molar-refractivity contribution in [3.8, 4) is 0 Å². The highest BCUT2D eigenvalue weighted by atomic mass is 16.5. The van der Waals surface area contributed by atoms with E-state index >= 15 is 0 Å². The van der Waals surface area contributed by atoms with E-state index in [0.717, 1.165) is 23.1 Å². The smallest absolute Gasteiger partial charge is 0.249 e. The second-order valence-electron chi connectivity index (χ2n) is 10.0. The molecule has 0 unspecified atom stereocenters. The van der Waals surface area contributed by atoms with E-state index < -0.39 is 0 Å². The van der Waals surface area contributed by atoms with E-state index in [-0.39, 0.29) is 31.0 Å². The molecule has 0 bridgehead atoms. The molecule has 0 aliphatic heterocycles. The molecule has 1 heterocycles. The minimum atomic E-state index is -0.184. The van der Waals surface area contributed by atoms with Gasteiger partial charge in [0.2, 0.25) is 11.8 Å². The molecule has 6 nitrogen and oxygen atoms in total. The quantitative estimate of drug-likeness (QED) is 0.273. The Morgan fingerprint density at radius 3 is 2.32 bits per heavy atom. The molecule has 0 aliphatic carbocycles. The lowest BCUT2D eigenvalue weighted by Crippen LogP contribution is -2.47. The van der Waals surface area contributed by atoms with Gasteiger partial charge in [0.05, 0.1) is 6.61 Å². The number of aryl methyl sites for hydroxylation is 1. The Balaban J connectivity index is 1.43. The van der Waals surface area contributed by atoms with Gasteiger partial charge in [-0.25, -0.2) is 0 Å². The number of aromatic nitrogens is 1. The van der Waals surface area contributed by atoms with Gasteiger partial charge in [-0.15, -0.1) is 0 Å². The van der Waals surface area contributed by atoms with E-state index in [1.54, 1.807) is 4.90 Å². The first-order valence-electron chi connectivity index (χ1n) is 13.2. The molecule has 0 fully saturated rings. The van der Waals surface area contributed by atoms with Crippen LogP contribution in [-0.2, 0) is 33.9 Å². The molecule has 0 spiro atoms. The third-order valence-corrected chi connectivity index (χ3v) is 6.76. The highest BCUT2D eigenvalue weighted by Crippen LogP contribution is 2.19. The maximum atomic E-state index is 13.6. The fourth-order valence-electron chi connectivity index (χ4n) is 4.52. The molecule has 3 aromatic carbocycles. The number of nitrogens with one attached hydrogen (secondary N) is 1. The summed E-state index contributed by atoms with van der Waals surface area (Å²) in [5.41, 5.74) is 5.52. The number of fused-ring (bicyclic) bond motifs is 1. The van der Waals surface area contributed by atoms with Crippen molar-refractivity contribution in [1.29, 1.82) is 0 Å². The number of benzene rings is 3. The molecule has 4 aromatic rings. The molecule has 0 atom stereocenters. The molecule has 0 aliphatic rings. The topological polar surface area (TPSA) is 65.6 Å². The number of hydrogen-bond acceptors (Lipinski definition) is 3. The van der Waals surface area contributed by atoms with E-state index in [9.17, 15) is 9.59 Å². The summed E-state index contributed by atoms with van der Waals surface area (Å²) in [4.78, 5) is 33.5. The van der Waals surface area contributed by atoms with Crippen molar-refractivity contribution in [2.75, 3.05) is 19.7 Å². The minimum absolute atomic E-state index is 0.0188. The Bertz CT molecular complexity index is 1330. The van der Waals surface area contributed by atoms with Crippen LogP contribution in [0.4, 0.5) is 0 Å². The van der Waals surface area contributed by atoms with Crippen LogP contribution >= 0.6 is 0 Å². The van der Waals surface area contributed by atoms with E-state index in [1.807, 2.05) is 67.4 Å². The van der Waals surface area contributed by atoms with Gasteiger partial charge in [-0.05, 0) is 49.9 Å². The van der Waals surface area contributed by atoms with Crippen molar-refractivity contribution in [2.45, 2.75) is 46.4 Å².